The lowest BCUT2D eigenvalue weighted by Crippen LogP contribution is -1.95. The zero-order valence-corrected chi connectivity index (χ0v) is 16.5. The van der Waals surface area contributed by atoms with Crippen LogP contribution in [0.25, 0.3) is 5.57 Å². The van der Waals surface area contributed by atoms with Gasteiger partial charge in [0.1, 0.15) is 5.75 Å². The first kappa shape index (κ1) is 24.3. The summed E-state index contributed by atoms with van der Waals surface area (Å²) in [6.45, 7) is 4.00. The standard InChI is InChI=1S/C11H13N3O.C7H7NO3.C2H6/c1-13-7-10(6-12)9-2-4-11(5-3-9)14-8-15;1-11-7-4-2-6(3-5-7)8(9)10;1-2/h2-8H,12H2,1H3,(H,14,15);2-5H,1H3;1-2H3/b10-6+,13-7?;;. The van der Waals surface area contributed by atoms with Gasteiger partial charge in [0.25, 0.3) is 5.69 Å². The van der Waals surface area contributed by atoms with E-state index in [1.807, 2.05) is 26.0 Å². The molecule has 28 heavy (non-hydrogen) atoms. The Balaban J connectivity index is 0.000000497. The first-order valence-corrected chi connectivity index (χ1v) is 8.48. The van der Waals surface area contributed by atoms with Crippen LogP contribution in [0, 0.1) is 10.1 Å². The van der Waals surface area contributed by atoms with Gasteiger partial charge in [0.05, 0.1) is 12.0 Å². The number of hydrogen-bond donors (Lipinski definition) is 2. The van der Waals surface area contributed by atoms with Gasteiger partial charge in [-0.2, -0.15) is 0 Å². The molecule has 2 aromatic carbocycles. The van der Waals surface area contributed by atoms with Crippen molar-refractivity contribution in [3.63, 3.8) is 0 Å². The molecule has 0 spiro atoms. The fourth-order valence-corrected chi connectivity index (χ4v) is 1.88. The van der Waals surface area contributed by atoms with E-state index in [-0.39, 0.29) is 5.69 Å². The summed E-state index contributed by atoms with van der Waals surface area (Å²) in [5.74, 6) is 0.621. The number of aliphatic imine (C=N–C) groups is 1. The normalized spacial score (nSPS) is 10.1. The van der Waals surface area contributed by atoms with E-state index in [2.05, 4.69) is 10.3 Å². The van der Waals surface area contributed by atoms with Crippen LogP contribution in [0.5, 0.6) is 5.75 Å². The largest absolute Gasteiger partial charge is 0.497 e. The van der Waals surface area contributed by atoms with E-state index in [4.69, 9.17) is 10.5 Å². The number of nitrogens with one attached hydrogen (secondary N) is 1. The molecule has 8 nitrogen and oxygen atoms in total. The third-order valence-corrected chi connectivity index (χ3v) is 3.17. The number of non-ortho nitro benzene ring substituents is 1. The van der Waals surface area contributed by atoms with Gasteiger partial charge in [-0.15, -0.1) is 0 Å². The van der Waals surface area contributed by atoms with E-state index in [1.54, 1.807) is 37.5 Å². The Morgan fingerprint density at radius 3 is 2.11 bits per heavy atom. The third-order valence-electron chi connectivity index (χ3n) is 3.17. The smallest absolute Gasteiger partial charge is 0.269 e. The summed E-state index contributed by atoms with van der Waals surface area (Å²) in [5.41, 5.74) is 8.09. The first-order chi connectivity index (χ1) is 13.5. The topological polar surface area (TPSA) is 120 Å². The predicted octanol–water partition coefficient (Wildman–Crippen LogP) is 3.88. The van der Waals surface area contributed by atoms with Crippen molar-refractivity contribution in [1.29, 1.82) is 0 Å². The van der Waals surface area contributed by atoms with Crippen LogP contribution in [-0.4, -0.2) is 31.7 Å². The molecule has 8 heteroatoms. The van der Waals surface area contributed by atoms with Crippen LogP contribution in [0.2, 0.25) is 0 Å². The number of amides is 1. The van der Waals surface area contributed by atoms with Gasteiger partial charge in [0.15, 0.2) is 0 Å². The van der Waals surface area contributed by atoms with Gasteiger partial charge in [0.2, 0.25) is 6.41 Å². The molecule has 0 aliphatic carbocycles. The summed E-state index contributed by atoms with van der Waals surface area (Å²) in [4.78, 5) is 23.8. The predicted molar refractivity (Wildman–Crippen MR) is 114 cm³/mol. The number of carbonyl (C=O) groups excluding carboxylic acids is 1. The lowest BCUT2D eigenvalue weighted by molar-refractivity contribution is -0.384. The Kier molecular flexibility index (Phi) is 12.6. The van der Waals surface area contributed by atoms with Crippen molar-refractivity contribution in [1.82, 2.24) is 0 Å². The number of benzene rings is 2. The highest BCUT2D eigenvalue weighted by atomic mass is 16.6. The van der Waals surface area contributed by atoms with E-state index in [0.717, 1.165) is 16.8 Å². The second-order valence-electron chi connectivity index (χ2n) is 4.80. The molecule has 3 N–H and O–H groups in total. The SMILES string of the molecule is CC.CN=C/C(=C\N)c1ccc(NC=O)cc1.COc1ccc([N+](=O)[O-])cc1. The quantitative estimate of drug-likeness (QED) is 0.338. The maximum Gasteiger partial charge on any atom is 0.269 e. The molecule has 0 aromatic heterocycles. The van der Waals surface area contributed by atoms with Crippen molar-refractivity contribution in [2.45, 2.75) is 13.8 Å². The van der Waals surface area contributed by atoms with Gasteiger partial charge >= 0.3 is 0 Å². The van der Waals surface area contributed by atoms with Gasteiger partial charge < -0.3 is 15.8 Å². The number of anilines is 1. The molecule has 0 atom stereocenters. The average molecular weight is 386 g/mol. The van der Waals surface area contributed by atoms with E-state index in [0.29, 0.717) is 12.2 Å². The zero-order chi connectivity index (χ0) is 21.4. The highest BCUT2D eigenvalue weighted by molar-refractivity contribution is 6.09. The van der Waals surface area contributed by atoms with Crippen molar-refractivity contribution >= 4 is 29.6 Å². The highest BCUT2D eigenvalue weighted by Crippen LogP contribution is 2.16. The van der Waals surface area contributed by atoms with E-state index in [1.165, 1.54) is 25.4 Å². The summed E-state index contributed by atoms with van der Waals surface area (Å²) in [7, 11) is 3.20. The molecule has 0 unspecified atom stereocenters. The molecule has 0 heterocycles. The van der Waals surface area contributed by atoms with Crippen LogP contribution in [0.1, 0.15) is 19.4 Å². The summed E-state index contributed by atoms with van der Waals surface area (Å²) < 4.78 is 4.83. The van der Waals surface area contributed by atoms with Crippen LogP contribution in [0.15, 0.2) is 59.7 Å². The number of nitrogens with zero attached hydrogens (tertiary/aromatic N) is 2. The molecule has 0 aliphatic rings. The Morgan fingerprint density at radius 1 is 1.14 bits per heavy atom. The van der Waals surface area contributed by atoms with Crippen molar-refractivity contribution in [2.75, 3.05) is 19.5 Å². The summed E-state index contributed by atoms with van der Waals surface area (Å²) in [5, 5.41) is 12.7. The van der Waals surface area contributed by atoms with Crippen molar-refractivity contribution in [3.8, 4) is 5.75 Å². The number of carbonyl (C=O) groups is 1. The van der Waals surface area contributed by atoms with Gasteiger partial charge in [-0.1, -0.05) is 26.0 Å². The molecule has 2 rings (SSSR count). The third kappa shape index (κ3) is 8.61. The van der Waals surface area contributed by atoms with Crippen molar-refractivity contribution < 1.29 is 14.5 Å². The van der Waals surface area contributed by atoms with E-state index < -0.39 is 4.92 Å². The molecule has 0 saturated carbocycles. The monoisotopic (exact) mass is 386 g/mol. The second-order valence-corrected chi connectivity index (χ2v) is 4.80. The number of nitro benzene ring substituents is 1. The number of hydrogen-bond acceptors (Lipinski definition) is 6. The molecule has 0 radical (unpaired) electrons. The molecule has 0 fully saturated rings. The minimum absolute atomic E-state index is 0.0748. The number of nitro groups is 1. The maximum absolute atomic E-state index is 10.2. The van der Waals surface area contributed by atoms with Crippen molar-refractivity contribution in [3.05, 3.63) is 70.4 Å². The molecular formula is C20H26N4O4. The Hall–Kier alpha value is -3.68. The Morgan fingerprint density at radius 2 is 1.71 bits per heavy atom. The Labute approximate surface area is 164 Å². The second kappa shape index (κ2) is 14.5. The molecule has 2 aromatic rings. The fourth-order valence-electron chi connectivity index (χ4n) is 1.88. The van der Waals surface area contributed by atoms with Gasteiger partial charge in [-0.05, 0) is 29.8 Å². The summed E-state index contributed by atoms with van der Waals surface area (Å²) in [6.07, 6.45) is 3.82. The molecule has 150 valence electrons. The lowest BCUT2D eigenvalue weighted by atomic mass is 10.1. The van der Waals surface area contributed by atoms with Gasteiger partial charge in [0, 0.05) is 42.9 Å². The summed E-state index contributed by atoms with van der Waals surface area (Å²) >= 11 is 0. The maximum atomic E-state index is 10.2. The van der Waals surface area contributed by atoms with E-state index >= 15 is 0 Å². The van der Waals surface area contributed by atoms with Gasteiger partial charge in [-0.25, -0.2) is 0 Å². The van der Waals surface area contributed by atoms with Crippen molar-refractivity contribution in [2.24, 2.45) is 10.7 Å². The van der Waals surface area contributed by atoms with E-state index in [9.17, 15) is 14.9 Å². The number of ether oxygens (including phenoxy) is 1. The van der Waals surface area contributed by atoms with Crippen LogP contribution < -0.4 is 15.8 Å². The van der Waals surface area contributed by atoms with Crippen LogP contribution in [-0.2, 0) is 4.79 Å². The Bertz CT molecular complexity index is 770. The summed E-state index contributed by atoms with van der Waals surface area (Å²) in [6, 6.07) is 13.2. The number of allylic oxidation sites excluding steroid dienone is 1. The molecule has 1 amide bonds. The number of nitrogens with two attached hydrogens (primary N) is 1. The van der Waals surface area contributed by atoms with Crippen LogP contribution in [0.4, 0.5) is 11.4 Å². The fraction of sp³-hybridized carbons (Fsp3) is 0.200. The highest BCUT2D eigenvalue weighted by Gasteiger charge is 2.02. The molecular weight excluding hydrogens is 360 g/mol. The number of methoxy groups -OCH3 is 1. The molecule has 0 saturated heterocycles. The molecule has 0 aliphatic heterocycles. The average Bonchev–Trinajstić information content (AvgIpc) is 2.75. The molecule has 0 bridgehead atoms. The van der Waals surface area contributed by atoms with Crippen LogP contribution in [0.3, 0.4) is 0 Å². The van der Waals surface area contributed by atoms with Crippen LogP contribution >= 0.6 is 0 Å². The number of rotatable bonds is 6. The zero-order valence-electron chi connectivity index (χ0n) is 16.5. The van der Waals surface area contributed by atoms with Gasteiger partial charge in [-0.3, -0.25) is 19.9 Å². The lowest BCUT2D eigenvalue weighted by Gasteiger charge is -2.02. The first-order valence-electron chi connectivity index (χ1n) is 8.48. The minimum Gasteiger partial charge on any atom is -0.497 e. The minimum atomic E-state index is -0.445.